The first-order valence-electron chi connectivity index (χ1n) is 8.32. The quantitative estimate of drug-likeness (QED) is 0.740. The fraction of sp³-hybridized carbons (Fsp3) is 0.556. The summed E-state index contributed by atoms with van der Waals surface area (Å²) in [5.41, 5.74) is 3.81. The Balaban J connectivity index is 2.12. The van der Waals surface area contributed by atoms with Crippen molar-refractivity contribution in [3.63, 3.8) is 0 Å². The molecule has 1 aromatic carbocycles. The molecule has 1 atom stereocenters. The van der Waals surface area contributed by atoms with E-state index in [4.69, 9.17) is 4.74 Å². The molecule has 4 heteroatoms. The molecule has 0 N–H and O–H groups in total. The molecule has 0 saturated heterocycles. The summed E-state index contributed by atoms with van der Waals surface area (Å²) < 4.78 is 7.62. The van der Waals surface area contributed by atoms with Crippen LogP contribution in [-0.4, -0.2) is 21.6 Å². The highest BCUT2D eigenvalue weighted by Crippen LogP contribution is 2.27. The second kappa shape index (κ2) is 7.97. The van der Waals surface area contributed by atoms with Gasteiger partial charge in [0.1, 0.15) is 5.75 Å². The van der Waals surface area contributed by atoms with E-state index in [0.29, 0.717) is 5.92 Å². The Morgan fingerprint density at radius 1 is 1.23 bits per heavy atom. The molecule has 0 aliphatic rings. The number of benzene rings is 1. The zero-order valence-corrected chi connectivity index (χ0v) is 14.2. The number of nitrogens with zero attached hydrogens (tertiary/aromatic N) is 3. The number of aromatic nitrogens is 3. The summed E-state index contributed by atoms with van der Waals surface area (Å²) in [6.45, 7) is 10.3. The predicted molar refractivity (Wildman–Crippen MR) is 89.4 cm³/mol. The number of rotatable bonds is 8. The third kappa shape index (κ3) is 4.09. The first-order chi connectivity index (χ1) is 10.7. The van der Waals surface area contributed by atoms with Crippen LogP contribution in [0.2, 0.25) is 0 Å². The third-order valence-electron chi connectivity index (χ3n) is 3.92. The van der Waals surface area contributed by atoms with Gasteiger partial charge >= 0.3 is 0 Å². The molecule has 0 aliphatic carbocycles. The summed E-state index contributed by atoms with van der Waals surface area (Å²) in [6, 6.07) is 6.48. The minimum absolute atomic E-state index is 0.428. The van der Waals surface area contributed by atoms with E-state index in [1.165, 1.54) is 11.1 Å². The van der Waals surface area contributed by atoms with Gasteiger partial charge in [-0.05, 0) is 55.4 Å². The fourth-order valence-electron chi connectivity index (χ4n) is 2.69. The smallest absolute Gasteiger partial charge is 0.119 e. The van der Waals surface area contributed by atoms with Gasteiger partial charge in [-0.3, -0.25) is 4.68 Å². The molecule has 0 saturated carbocycles. The molecule has 0 bridgehead atoms. The molecule has 1 unspecified atom stereocenters. The van der Waals surface area contributed by atoms with Gasteiger partial charge in [-0.2, -0.15) is 0 Å². The highest BCUT2D eigenvalue weighted by atomic mass is 16.5. The average Bonchev–Trinajstić information content (AvgIpc) is 3.00. The maximum Gasteiger partial charge on any atom is 0.119 e. The number of aryl methyl sites for hydroxylation is 2. The second-order valence-corrected chi connectivity index (χ2v) is 5.73. The van der Waals surface area contributed by atoms with Crippen molar-refractivity contribution in [1.29, 1.82) is 0 Å². The molecule has 1 aromatic heterocycles. The Kier molecular flexibility index (Phi) is 5.99. The lowest BCUT2D eigenvalue weighted by atomic mass is 9.91. The fourth-order valence-corrected chi connectivity index (χ4v) is 2.69. The van der Waals surface area contributed by atoms with Crippen molar-refractivity contribution in [2.75, 3.05) is 6.61 Å². The van der Waals surface area contributed by atoms with E-state index in [9.17, 15) is 0 Å². The van der Waals surface area contributed by atoms with E-state index in [0.717, 1.165) is 43.9 Å². The van der Waals surface area contributed by atoms with Gasteiger partial charge in [0.2, 0.25) is 0 Å². The topological polar surface area (TPSA) is 39.9 Å². The normalized spacial score (nSPS) is 12.4. The van der Waals surface area contributed by atoms with Crippen molar-refractivity contribution in [3.05, 3.63) is 41.2 Å². The largest absolute Gasteiger partial charge is 0.494 e. The van der Waals surface area contributed by atoms with Crippen LogP contribution < -0.4 is 4.74 Å². The maximum atomic E-state index is 5.74. The minimum atomic E-state index is 0.428. The molecule has 0 fully saturated rings. The van der Waals surface area contributed by atoms with Crippen molar-refractivity contribution < 1.29 is 4.74 Å². The summed E-state index contributed by atoms with van der Waals surface area (Å²) in [6.07, 6.45) is 5.01. The zero-order chi connectivity index (χ0) is 15.9. The first-order valence-corrected chi connectivity index (χ1v) is 8.32. The molecule has 2 aromatic rings. The summed E-state index contributed by atoms with van der Waals surface area (Å²) in [7, 11) is 0. The van der Waals surface area contributed by atoms with Crippen molar-refractivity contribution in [2.45, 2.75) is 59.4 Å². The number of hydrogen-bond donors (Lipinski definition) is 0. The van der Waals surface area contributed by atoms with Gasteiger partial charge in [0, 0.05) is 12.7 Å². The lowest BCUT2D eigenvalue weighted by Crippen LogP contribution is -2.04. The van der Waals surface area contributed by atoms with Crippen LogP contribution in [-0.2, 0) is 19.4 Å². The minimum Gasteiger partial charge on any atom is -0.494 e. The summed E-state index contributed by atoms with van der Waals surface area (Å²) >= 11 is 0. The first kappa shape index (κ1) is 16.5. The van der Waals surface area contributed by atoms with Crippen LogP contribution in [0.4, 0.5) is 0 Å². The highest BCUT2D eigenvalue weighted by molar-refractivity contribution is 5.38. The van der Waals surface area contributed by atoms with E-state index >= 15 is 0 Å². The summed E-state index contributed by atoms with van der Waals surface area (Å²) in [4.78, 5) is 0. The van der Waals surface area contributed by atoms with Crippen molar-refractivity contribution >= 4 is 0 Å². The monoisotopic (exact) mass is 301 g/mol. The molecule has 2 rings (SSSR count). The Hall–Kier alpha value is -1.84. The SMILES string of the molecule is CCCOc1ccc(C(C)Cc2cn(CC)nn2)c(CC)c1. The zero-order valence-electron chi connectivity index (χ0n) is 14.2. The van der Waals surface area contributed by atoms with E-state index in [2.05, 4.69) is 56.2 Å². The summed E-state index contributed by atoms with van der Waals surface area (Å²) in [5, 5.41) is 8.37. The molecule has 4 nitrogen and oxygen atoms in total. The van der Waals surface area contributed by atoms with Crippen LogP contribution in [0.3, 0.4) is 0 Å². The molecule has 0 spiro atoms. The molecule has 1 heterocycles. The van der Waals surface area contributed by atoms with Crippen LogP contribution in [0.1, 0.15) is 56.9 Å². The van der Waals surface area contributed by atoms with Gasteiger partial charge in [-0.15, -0.1) is 5.10 Å². The van der Waals surface area contributed by atoms with E-state index in [-0.39, 0.29) is 0 Å². The summed E-state index contributed by atoms with van der Waals surface area (Å²) in [5.74, 6) is 1.41. The number of hydrogen-bond acceptors (Lipinski definition) is 3. The van der Waals surface area contributed by atoms with Gasteiger partial charge in [-0.25, -0.2) is 0 Å². The lowest BCUT2D eigenvalue weighted by molar-refractivity contribution is 0.317. The molecule has 120 valence electrons. The van der Waals surface area contributed by atoms with Gasteiger partial charge in [0.25, 0.3) is 0 Å². The van der Waals surface area contributed by atoms with Crippen LogP contribution in [0.15, 0.2) is 24.4 Å². The Morgan fingerprint density at radius 2 is 2.05 bits per heavy atom. The predicted octanol–water partition coefficient (Wildman–Crippen LogP) is 4.00. The van der Waals surface area contributed by atoms with Gasteiger partial charge in [0.05, 0.1) is 12.3 Å². The average molecular weight is 301 g/mol. The lowest BCUT2D eigenvalue weighted by Gasteiger charge is -2.16. The van der Waals surface area contributed by atoms with Crippen molar-refractivity contribution in [3.8, 4) is 5.75 Å². The standard InChI is InChI=1S/C18H27N3O/c1-5-10-22-17-8-9-18(15(6-2)12-17)14(4)11-16-13-21(7-3)20-19-16/h8-9,12-14H,5-7,10-11H2,1-4H3. The number of ether oxygens (including phenoxy) is 1. The highest BCUT2D eigenvalue weighted by Gasteiger charge is 2.13. The van der Waals surface area contributed by atoms with Gasteiger partial charge in [0.15, 0.2) is 0 Å². The molecule has 0 aliphatic heterocycles. The Morgan fingerprint density at radius 3 is 2.68 bits per heavy atom. The van der Waals surface area contributed by atoms with Gasteiger partial charge in [-0.1, -0.05) is 32.1 Å². The van der Waals surface area contributed by atoms with Crippen LogP contribution in [0.25, 0.3) is 0 Å². The van der Waals surface area contributed by atoms with E-state index in [1.54, 1.807) is 0 Å². The molecular formula is C18H27N3O. The van der Waals surface area contributed by atoms with Crippen molar-refractivity contribution in [1.82, 2.24) is 15.0 Å². The molecule has 22 heavy (non-hydrogen) atoms. The van der Waals surface area contributed by atoms with Crippen LogP contribution >= 0.6 is 0 Å². The van der Waals surface area contributed by atoms with Crippen molar-refractivity contribution in [2.24, 2.45) is 0 Å². The van der Waals surface area contributed by atoms with Crippen LogP contribution in [0.5, 0.6) is 5.75 Å². The Bertz CT molecular complexity index is 592. The third-order valence-corrected chi connectivity index (χ3v) is 3.92. The van der Waals surface area contributed by atoms with Crippen LogP contribution in [0, 0.1) is 0 Å². The molecule has 0 amide bonds. The van der Waals surface area contributed by atoms with Gasteiger partial charge < -0.3 is 4.74 Å². The molecule has 0 radical (unpaired) electrons. The molecular weight excluding hydrogens is 274 g/mol. The maximum absolute atomic E-state index is 5.74. The Labute approximate surface area is 133 Å². The van der Waals surface area contributed by atoms with E-state index < -0.39 is 0 Å². The second-order valence-electron chi connectivity index (χ2n) is 5.73. The van der Waals surface area contributed by atoms with E-state index in [1.807, 2.05) is 10.9 Å².